The Hall–Kier alpha value is -1.43. The third kappa shape index (κ3) is 3.79. The molecule has 110 valence electrons. The SMILES string of the molecule is COCCOCCCn1cc(CCN)c2cccnc21. The van der Waals surface area contributed by atoms with Crippen LogP contribution in [0, 0.1) is 0 Å². The van der Waals surface area contributed by atoms with Crippen LogP contribution in [-0.2, 0) is 22.4 Å². The Kier molecular flexibility index (Phi) is 5.98. The van der Waals surface area contributed by atoms with E-state index in [0.717, 1.165) is 31.6 Å². The van der Waals surface area contributed by atoms with Gasteiger partial charge in [-0.2, -0.15) is 0 Å². The lowest BCUT2D eigenvalue weighted by atomic mass is 10.2. The fourth-order valence-electron chi connectivity index (χ4n) is 2.30. The minimum atomic E-state index is 0.647. The summed E-state index contributed by atoms with van der Waals surface area (Å²) in [5, 5.41) is 1.21. The van der Waals surface area contributed by atoms with Crippen molar-refractivity contribution >= 4 is 11.0 Å². The van der Waals surface area contributed by atoms with Crippen LogP contribution in [0.15, 0.2) is 24.5 Å². The largest absolute Gasteiger partial charge is 0.382 e. The van der Waals surface area contributed by atoms with Crippen molar-refractivity contribution in [3.8, 4) is 0 Å². The van der Waals surface area contributed by atoms with E-state index < -0.39 is 0 Å². The van der Waals surface area contributed by atoms with Crippen LogP contribution in [0.2, 0.25) is 0 Å². The molecule has 2 heterocycles. The summed E-state index contributed by atoms with van der Waals surface area (Å²) in [6, 6.07) is 4.08. The van der Waals surface area contributed by atoms with E-state index in [9.17, 15) is 0 Å². The second-order valence-electron chi connectivity index (χ2n) is 4.72. The number of ether oxygens (including phenoxy) is 2. The second kappa shape index (κ2) is 7.99. The maximum Gasteiger partial charge on any atom is 0.140 e. The highest BCUT2D eigenvalue weighted by atomic mass is 16.5. The maximum absolute atomic E-state index is 5.67. The third-order valence-corrected chi connectivity index (χ3v) is 3.25. The molecule has 0 saturated carbocycles. The maximum atomic E-state index is 5.67. The molecule has 0 aliphatic carbocycles. The van der Waals surface area contributed by atoms with Crippen LogP contribution < -0.4 is 5.73 Å². The van der Waals surface area contributed by atoms with Crippen molar-refractivity contribution < 1.29 is 9.47 Å². The van der Waals surface area contributed by atoms with Crippen LogP contribution >= 0.6 is 0 Å². The number of hydrogen-bond donors (Lipinski definition) is 1. The van der Waals surface area contributed by atoms with Crippen molar-refractivity contribution in [1.82, 2.24) is 9.55 Å². The van der Waals surface area contributed by atoms with E-state index in [-0.39, 0.29) is 0 Å². The molecule has 0 aliphatic rings. The minimum Gasteiger partial charge on any atom is -0.382 e. The number of methoxy groups -OCH3 is 1. The summed E-state index contributed by atoms with van der Waals surface area (Å²) in [5.74, 6) is 0. The number of hydrogen-bond acceptors (Lipinski definition) is 4. The molecule has 5 heteroatoms. The first kappa shape index (κ1) is 15.0. The van der Waals surface area contributed by atoms with Crippen LogP contribution in [0.3, 0.4) is 0 Å². The molecule has 20 heavy (non-hydrogen) atoms. The highest BCUT2D eigenvalue weighted by molar-refractivity contribution is 5.80. The van der Waals surface area contributed by atoms with Crippen LogP contribution in [0.1, 0.15) is 12.0 Å². The van der Waals surface area contributed by atoms with E-state index in [0.29, 0.717) is 19.8 Å². The van der Waals surface area contributed by atoms with Gasteiger partial charge in [0.05, 0.1) is 13.2 Å². The third-order valence-electron chi connectivity index (χ3n) is 3.25. The molecule has 2 aromatic heterocycles. The highest BCUT2D eigenvalue weighted by Gasteiger charge is 2.08. The van der Waals surface area contributed by atoms with E-state index in [1.54, 1.807) is 7.11 Å². The zero-order valence-corrected chi connectivity index (χ0v) is 12.0. The molecular formula is C15H23N3O2. The van der Waals surface area contributed by atoms with Crippen molar-refractivity contribution in [2.24, 2.45) is 5.73 Å². The van der Waals surface area contributed by atoms with Gasteiger partial charge in [-0.1, -0.05) is 0 Å². The van der Waals surface area contributed by atoms with Crippen molar-refractivity contribution in [3.05, 3.63) is 30.1 Å². The van der Waals surface area contributed by atoms with Gasteiger partial charge in [0.2, 0.25) is 0 Å². The monoisotopic (exact) mass is 277 g/mol. The average molecular weight is 277 g/mol. The first-order chi connectivity index (χ1) is 9.86. The van der Waals surface area contributed by atoms with E-state index in [1.165, 1.54) is 10.9 Å². The highest BCUT2D eigenvalue weighted by Crippen LogP contribution is 2.19. The van der Waals surface area contributed by atoms with Gasteiger partial charge in [-0.25, -0.2) is 4.98 Å². The predicted molar refractivity (Wildman–Crippen MR) is 79.8 cm³/mol. The summed E-state index contributed by atoms with van der Waals surface area (Å²) in [7, 11) is 1.68. The Morgan fingerprint density at radius 2 is 2.20 bits per heavy atom. The Morgan fingerprint density at radius 1 is 1.30 bits per heavy atom. The number of nitrogens with two attached hydrogens (primary N) is 1. The number of aryl methyl sites for hydroxylation is 1. The van der Waals surface area contributed by atoms with Gasteiger partial charge in [0.25, 0.3) is 0 Å². The predicted octanol–water partition coefficient (Wildman–Crippen LogP) is 1.59. The molecule has 0 aromatic carbocycles. The summed E-state index contributed by atoms with van der Waals surface area (Å²) in [4.78, 5) is 4.47. The van der Waals surface area contributed by atoms with Crippen LogP contribution in [0.4, 0.5) is 0 Å². The van der Waals surface area contributed by atoms with E-state index >= 15 is 0 Å². The Morgan fingerprint density at radius 3 is 3.00 bits per heavy atom. The van der Waals surface area contributed by atoms with E-state index in [1.807, 2.05) is 12.3 Å². The fraction of sp³-hybridized carbons (Fsp3) is 0.533. The van der Waals surface area contributed by atoms with Crippen LogP contribution in [0.5, 0.6) is 0 Å². The summed E-state index contributed by atoms with van der Waals surface area (Å²) < 4.78 is 12.6. The smallest absolute Gasteiger partial charge is 0.140 e. The van der Waals surface area contributed by atoms with Gasteiger partial charge in [-0.3, -0.25) is 0 Å². The summed E-state index contributed by atoms with van der Waals surface area (Å²) in [6.45, 7) is 3.61. The van der Waals surface area contributed by atoms with Gasteiger partial charge in [-0.15, -0.1) is 0 Å². The fourth-order valence-corrected chi connectivity index (χ4v) is 2.30. The molecule has 0 unspecified atom stereocenters. The van der Waals surface area contributed by atoms with Crippen LogP contribution in [0.25, 0.3) is 11.0 Å². The lowest BCUT2D eigenvalue weighted by molar-refractivity contribution is 0.0681. The molecule has 0 radical (unpaired) electrons. The van der Waals surface area contributed by atoms with Gasteiger partial charge < -0.3 is 19.8 Å². The number of nitrogens with zero attached hydrogens (tertiary/aromatic N) is 2. The first-order valence-electron chi connectivity index (χ1n) is 7.06. The summed E-state index contributed by atoms with van der Waals surface area (Å²) >= 11 is 0. The molecule has 0 saturated heterocycles. The number of rotatable bonds is 9. The standard InChI is InChI=1S/C15H23N3O2/c1-19-10-11-20-9-3-8-18-12-13(5-6-16)14-4-2-7-17-15(14)18/h2,4,7,12H,3,5-6,8-11,16H2,1H3. The molecule has 0 fully saturated rings. The normalized spacial score (nSPS) is 11.3. The number of fused-ring (bicyclic) bond motifs is 1. The first-order valence-corrected chi connectivity index (χ1v) is 7.06. The molecule has 5 nitrogen and oxygen atoms in total. The van der Waals surface area contributed by atoms with Crippen molar-refractivity contribution in [2.45, 2.75) is 19.4 Å². The molecule has 2 aromatic rings. The number of aromatic nitrogens is 2. The Labute approximate surface area is 119 Å². The molecular weight excluding hydrogens is 254 g/mol. The van der Waals surface area contributed by atoms with Gasteiger partial charge >= 0.3 is 0 Å². The van der Waals surface area contributed by atoms with E-state index in [4.69, 9.17) is 15.2 Å². The quantitative estimate of drug-likeness (QED) is 0.707. The van der Waals surface area contributed by atoms with Crippen molar-refractivity contribution in [3.63, 3.8) is 0 Å². The second-order valence-corrected chi connectivity index (χ2v) is 4.72. The average Bonchev–Trinajstić information content (AvgIpc) is 2.82. The zero-order valence-electron chi connectivity index (χ0n) is 12.0. The molecule has 0 bridgehead atoms. The molecule has 0 aliphatic heterocycles. The van der Waals surface area contributed by atoms with E-state index in [2.05, 4.69) is 21.8 Å². The van der Waals surface area contributed by atoms with Crippen molar-refractivity contribution in [2.75, 3.05) is 33.5 Å². The molecule has 0 atom stereocenters. The lowest BCUT2D eigenvalue weighted by Crippen LogP contribution is -2.06. The molecule has 0 amide bonds. The minimum absolute atomic E-state index is 0.647. The summed E-state index contributed by atoms with van der Waals surface area (Å²) in [5.41, 5.74) is 7.98. The Bertz CT molecular complexity index is 525. The molecule has 0 spiro atoms. The zero-order chi connectivity index (χ0) is 14.2. The van der Waals surface area contributed by atoms with Crippen LogP contribution in [-0.4, -0.2) is 43.0 Å². The number of pyridine rings is 1. The van der Waals surface area contributed by atoms with Gasteiger partial charge in [-0.05, 0) is 37.1 Å². The lowest BCUT2D eigenvalue weighted by Gasteiger charge is -2.05. The van der Waals surface area contributed by atoms with Gasteiger partial charge in [0, 0.05) is 38.0 Å². The topological polar surface area (TPSA) is 62.3 Å². The molecule has 2 rings (SSSR count). The molecule has 2 N–H and O–H groups in total. The summed E-state index contributed by atoms with van der Waals surface area (Å²) in [6.07, 6.45) is 5.85. The van der Waals surface area contributed by atoms with Gasteiger partial charge in [0.15, 0.2) is 0 Å². The Balaban J connectivity index is 1.95. The van der Waals surface area contributed by atoms with Crippen molar-refractivity contribution in [1.29, 1.82) is 0 Å². The van der Waals surface area contributed by atoms with Gasteiger partial charge in [0.1, 0.15) is 5.65 Å².